The average Bonchev–Trinajstić information content (AvgIpc) is 2.49. The molecule has 116 valence electrons. The van der Waals surface area contributed by atoms with Crippen LogP contribution in [0, 0.1) is 0 Å². The summed E-state index contributed by atoms with van der Waals surface area (Å²) in [6.07, 6.45) is 3.75. The van der Waals surface area contributed by atoms with Crippen molar-refractivity contribution < 1.29 is 14.6 Å². The van der Waals surface area contributed by atoms with Gasteiger partial charge in [-0.25, -0.2) is 0 Å². The molecule has 1 aliphatic heterocycles. The summed E-state index contributed by atoms with van der Waals surface area (Å²) in [7, 11) is 0. The lowest BCUT2D eigenvalue weighted by Crippen LogP contribution is -2.25. The fraction of sp³-hybridized carbons (Fsp3) is 0.562. The van der Waals surface area contributed by atoms with E-state index < -0.39 is 6.10 Å². The molecule has 2 rings (SSSR count). The largest absolute Gasteiger partial charge is 0.482 e. The van der Waals surface area contributed by atoms with Crippen LogP contribution in [0.25, 0.3) is 0 Å². The quantitative estimate of drug-likeness (QED) is 0.643. The minimum absolute atomic E-state index is 0.0522. The van der Waals surface area contributed by atoms with Gasteiger partial charge in [-0.15, -0.1) is 0 Å². The number of fused-ring (bicyclic) bond motifs is 1. The van der Waals surface area contributed by atoms with E-state index >= 15 is 0 Å². The molecule has 0 saturated carbocycles. The highest BCUT2D eigenvalue weighted by Crippen LogP contribution is 2.31. The highest BCUT2D eigenvalue weighted by Gasteiger charge is 2.17. The maximum Gasteiger partial charge on any atom is 0.262 e. The van der Waals surface area contributed by atoms with Gasteiger partial charge in [0.25, 0.3) is 5.91 Å². The topological polar surface area (TPSA) is 70.6 Å². The molecule has 1 atom stereocenters. The van der Waals surface area contributed by atoms with E-state index in [1.165, 1.54) is 19.3 Å². The lowest BCUT2D eigenvalue weighted by Gasteiger charge is -2.20. The van der Waals surface area contributed by atoms with Crippen molar-refractivity contribution in [1.82, 2.24) is 5.32 Å². The zero-order valence-electron chi connectivity index (χ0n) is 12.5. The Bertz CT molecular complexity index is 477. The maximum absolute atomic E-state index is 11.3. The molecule has 0 aromatic heterocycles. The molecule has 1 aliphatic rings. The summed E-state index contributed by atoms with van der Waals surface area (Å²) < 4.78 is 5.30. The Labute approximate surface area is 125 Å². The first kappa shape index (κ1) is 15.8. The summed E-state index contributed by atoms with van der Waals surface area (Å²) in [4.78, 5) is 11.3. The number of anilines is 1. The number of ether oxygens (including phenoxy) is 1. The molecule has 1 aromatic rings. The van der Waals surface area contributed by atoms with Gasteiger partial charge < -0.3 is 20.5 Å². The summed E-state index contributed by atoms with van der Waals surface area (Å²) in [6.45, 7) is 4.01. The van der Waals surface area contributed by atoms with Crippen molar-refractivity contribution in [2.75, 3.05) is 25.0 Å². The van der Waals surface area contributed by atoms with Gasteiger partial charge in [-0.2, -0.15) is 0 Å². The van der Waals surface area contributed by atoms with Crippen LogP contribution < -0.4 is 15.4 Å². The number of carbonyl (C=O) groups is 1. The van der Waals surface area contributed by atoms with Crippen LogP contribution in [-0.4, -0.2) is 30.7 Å². The predicted molar refractivity (Wildman–Crippen MR) is 82.5 cm³/mol. The van der Waals surface area contributed by atoms with Crippen LogP contribution in [0.4, 0.5) is 5.69 Å². The van der Waals surface area contributed by atoms with Gasteiger partial charge >= 0.3 is 0 Å². The van der Waals surface area contributed by atoms with E-state index in [0.717, 1.165) is 18.7 Å². The Hall–Kier alpha value is -1.59. The van der Waals surface area contributed by atoms with E-state index in [0.29, 0.717) is 17.9 Å². The molecular formula is C16H24N2O3. The molecule has 0 fully saturated rings. The maximum atomic E-state index is 11.3. The zero-order valence-corrected chi connectivity index (χ0v) is 12.5. The minimum atomic E-state index is -0.534. The predicted octanol–water partition coefficient (Wildman–Crippen LogP) is 2.22. The van der Waals surface area contributed by atoms with Crippen molar-refractivity contribution in [3.8, 4) is 5.75 Å². The van der Waals surface area contributed by atoms with Crippen molar-refractivity contribution in [2.24, 2.45) is 0 Å². The van der Waals surface area contributed by atoms with E-state index in [-0.39, 0.29) is 12.5 Å². The third kappa shape index (κ3) is 4.72. The molecule has 0 saturated heterocycles. The van der Waals surface area contributed by atoms with Gasteiger partial charge in [0.05, 0.1) is 11.8 Å². The molecule has 21 heavy (non-hydrogen) atoms. The Morgan fingerprint density at radius 2 is 2.24 bits per heavy atom. The van der Waals surface area contributed by atoms with Crippen LogP contribution in [-0.2, 0) is 4.79 Å². The average molecular weight is 292 g/mol. The summed E-state index contributed by atoms with van der Waals surface area (Å²) >= 11 is 0. The number of rotatable bonds is 8. The normalized spacial score (nSPS) is 15.0. The van der Waals surface area contributed by atoms with Gasteiger partial charge in [-0.1, -0.05) is 25.8 Å². The molecule has 1 heterocycles. The number of unbranched alkanes of at least 4 members (excludes halogenated alkanes) is 2. The van der Waals surface area contributed by atoms with E-state index in [9.17, 15) is 9.90 Å². The van der Waals surface area contributed by atoms with Crippen molar-refractivity contribution >= 4 is 11.6 Å². The molecule has 0 radical (unpaired) electrons. The summed E-state index contributed by atoms with van der Waals surface area (Å²) in [5.74, 6) is 0.495. The van der Waals surface area contributed by atoms with Crippen LogP contribution >= 0.6 is 0 Å². The van der Waals surface area contributed by atoms with Gasteiger partial charge in [0.1, 0.15) is 5.75 Å². The third-order valence-corrected chi connectivity index (χ3v) is 3.57. The van der Waals surface area contributed by atoms with Crippen LogP contribution in [0.2, 0.25) is 0 Å². The van der Waals surface area contributed by atoms with Gasteiger partial charge in [-0.3, -0.25) is 4.79 Å². The SMILES string of the molecule is CCCCCNCCC(O)c1ccc2c(c1)NC(=O)CO2. The van der Waals surface area contributed by atoms with Crippen LogP contribution in [0.5, 0.6) is 5.75 Å². The second kappa shape index (κ2) is 8.00. The van der Waals surface area contributed by atoms with E-state index in [1.807, 2.05) is 6.07 Å². The van der Waals surface area contributed by atoms with Crippen molar-refractivity contribution in [3.63, 3.8) is 0 Å². The van der Waals surface area contributed by atoms with Crippen LogP contribution in [0.1, 0.15) is 44.3 Å². The number of nitrogens with one attached hydrogen (secondary N) is 2. The summed E-state index contributed by atoms with van der Waals surface area (Å²) in [5.41, 5.74) is 1.44. The number of aliphatic hydroxyl groups is 1. The number of aliphatic hydroxyl groups excluding tert-OH is 1. The van der Waals surface area contributed by atoms with Crippen LogP contribution in [0.3, 0.4) is 0 Å². The molecule has 5 heteroatoms. The second-order valence-corrected chi connectivity index (χ2v) is 5.35. The first-order valence-electron chi connectivity index (χ1n) is 7.66. The fourth-order valence-corrected chi connectivity index (χ4v) is 2.34. The Morgan fingerprint density at radius 1 is 1.38 bits per heavy atom. The minimum Gasteiger partial charge on any atom is -0.482 e. The van der Waals surface area contributed by atoms with Gasteiger partial charge in [0, 0.05) is 0 Å². The van der Waals surface area contributed by atoms with E-state index in [4.69, 9.17) is 4.74 Å². The lowest BCUT2D eigenvalue weighted by molar-refractivity contribution is -0.118. The molecule has 3 N–H and O–H groups in total. The third-order valence-electron chi connectivity index (χ3n) is 3.57. The van der Waals surface area contributed by atoms with Crippen molar-refractivity contribution in [3.05, 3.63) is 23.8 Å². The lowest BCUT2D eigenvalue weighted by atomic mass is 10.0. The molecule has 0 aliphatic carbocycles. The van der Waals surface area contributed by atoms with Gasteiger partial charge in [0.15, 0.2) is 6.61 Å². The summed E-state index contributed by atoms with van der Waals surface area (Å²) in [6, 6.07) is 5.42. The van der Waals surface area contributed by atoms with Gasteiger partial charge in [-0.05, 0) is 43.6 Å². The summed E-state index contributed by atoms with van der Waals surface area (Å²) in [5, 5.41) is 16.3. The zero-order chi connectivity index (χ0) is 15.1. The van der Waals surface area contributed by atoms with E-state index in [2.05, 4.69) is 17.6 Å². The second-order valence-electron chi connectivity index (χ2n) is 5.35. The Kier molecular flexibility index (Phi) is 6.02. The number of hydrogen-bond donors (Lipinski definition) is 3. The molecule has 1 amide bonds. The molecule has 1 unspecified atom stereocenters. The molecule has 0 spiro atoms. The smallest absolute Gasteiger partial charge is 0.262 e. The molecule has 0 bridgehead atoms. The number of benzene rings is 1. The first-order chi connectivity index (χ1) is 10.2. The number of carbonyl (C=O) groups excluding carboxylic acids is 1. The highest BCUT2D eigenvalue weighted by atomic mass is 16.5. The van der Waals surface area contributed by atoms with Gasteiger partial charge in [0.2, 0.25) is 0 Å². The Morgan fingerprint density at radius 3 is 3.05 bits per heavy atom. The Balaban J connectivity index is 1.81. The molecular weight excluding hydrogens is 268 g/mol. The van der Waals surface area contributed by atoms with Crippen molar-refractivity contribution in [1.29, 1.82) is 0 Å². The van der Waals surface area contributed by atoms with Crippen LogP contribution in [0.15, 0.2) is 18.2 Å². The standard InChI is InChI=1S/C16H24N2O3/c1-2-3-4-8-17-9-7-14(19)12-5-6-15-13(10-12)18-16(20)11-21-15/h5-6,10,14,17,19H,2-4,7-9,11H2,1H3,(H,18,20). The fourth-order valence-electron chi connectivity index (χ4n) is 2.34. The van der Waals surface area contributed by atoms with E-state index in [1.54, 1.807) is 12.1 Å². The molecule has 1 aromatic carbocycles. The first-order valence-corrected chi connectivity index (χ1v) is 7.66. The number of hydrogen-bond acceptors (Lipinski definition) is 4. The monoisotopic (exact) mass is 292 g/mol. The van der Waals surface area contributed by atoms with Crippen molar-refractivity contribution in [2.45, 2.75) is 38.7 Å². The highest BCUT2D eigenvalue weighted by molar-refractivity contribution is 5.95. The number of amides is 1. The molecule has 5 nitrogen and oxygen atoms in total.